The van der Waals surface area contributed by atoms with Crippen molar-refractivity contribution in [3.05, 3.63) is 5.82 Å². The Morgan fingerprint density at radius 2 is 2.15 bits per heavy atom. The van der Waals surface area contributed by atoms with E-state index in [2.05, 4.69) is 35.4 Å². The number of hydrogen-bond acceptors (Lipinski definition) is 5. The lowest BCUT2D eigenvalue weighted by Gasteiger charge is -2.19. The van der Waals surface area contributed by atoms with Gasteiger partial charge in [-0.2, -0.15) is 4.37 Å². The van der Waals surface area contributed by atoms with E-state index in [0.717, 1.165) is 43.2 Å². The second-order valence-electron chi connectivity index (χ2n) is 5.42. The molecule has 1 rings (SSSR count). The van der Waals surface area contributed by atoms with Gasteiger partial charge in [0.1, 0.15) is 5.82 Å². The van der Waals surface area contributed by atoms with Crippen LogP contribution in [-0.4, -0.2) is 27.0 Å². The smallest absolute Gasteiger partial charge is 0.303 e. The number of carboxylic acids is 1. The topological polar surface area (TPSA) is 75.1 Å². The molecule has 0 aromatic carbocycles. The first-order chi connectivity index (χ1) is 9.52. The van der Waals surface area contributed by atoms with Gasteiger partial charge in [0.2, 0.25) is 5.13 Å². The average molecular weight is 299 g/mol. The molecule has 0 saturated heterocycles. The maximum Gasteiger partial charge on any atom is 0.303 e. The van der Waals surface area contributed by atoms with E-state index in [0.29, 0.717) is 11.8 Å². The normalized spacial score (nSPS) is 12.6. The lowest BCUT2D eigenvalue weighted by molar-refractivity contribution is -0.137. The minimum absolute atomic E-state index is 0.252. The van der Waals surface area contributed by atoms with Crippen LogP contribution in [0.25, 0.3) is 0 Å². The Bertz CT molecular complexity index is 407. The fraction of sp³-hybridized carbons (Fsp3) is 0.786. The molecule has 5 nitrogen and oxygen atoms in total. The van der Waals surface area contributed by atoms with E-state index in [1.54, 1.807) is 0 Å². The number of nitrogens with one attached hydrogen (secondary N) is 1. The molecule has 2 N–H and O–H groups in total. The molecule has 0 amide bonds. The fourth-order valence-corrected chi connectivity index (χ4v) is 2.77. The molecule has 0 aliphatic heterocycles. The fourth-order valence-electron chi connectivity index (χ4n) is 2.14. The summed E-state index contributed by atoms with van der Waals surface area (Å²) in [6, 6.07) is 0. The van der Waals surface area contributed by atoms with Crippen LogP contribution in [0.5, 0.6) is 0 Å². The molecule has 1 aromatic rings. The van der Waals surface area contributed by atoms with Crippen molar-refractivity contribution in [2.24, 2.45) is 11.8 Å². The van der Waals surface area contributed by atoms with E-state index >= 15 is 0 Å². The second kappa shape index (κ2) is 8.89. The highest BCUT2D eigenvalue weighted by molar-refractivity contribution is 7.09. The monoisotopic (exact) mass is 299 g/mol. The minimum atomic E-state index is -0.711. The molecule has 1 heterocycles. The number of rotatable bonds is 10. The molecular formula is C14H25N3O2S. The zero-order valence-corrected chi connectivity index (χ0v) is 13.4. The third-order valence-electron chi connectivity index (χ3n) is 3.40. The van der Waals surface area contributed by atoms with E-state index in [4.69, 9.17) is 5.11 Å². The molecule has 0 bridgehead atoms. The number of aryl methyl sites for hydroxylation is 1. The minimum Gasteiger partial charge on any atom is -0.481 e. The number of nitrogens with zero attached hydrogens (tertiary/aromatic N) is 2. The quantitative estimate of drug-likeness (QED) is 0.692. The summed E-state index contributed by atoms with van der Waals surface area (Å²) in [4.78, 5) is 15.1. The number of aliphatic carboxylic acids is 1. The lowest BCUT2D eigenvalue weighted by Crippen LogP contribution is -2.15. The SMILES string of the molecule is CCCc1nsc(NCCC(CCC(=O)O)C(C)C)n1. The van der Waals surface area contributed by atoms with Crippen LogP contribution in [-0.2, 0) is 11.2 Å². The Balaban J connectivity index is 2.33. The van der Waals surface area contributed by atoms with Crippen molar-refractivity contribution in [2.45, 2.75) is 52.9 Å². The summed E-state index contributed by atoms with van der Waals surface area (Å²) >= 11 is 1.40. The van der Waals surface area contributed by atoms with Gasteiger partial charge in [0.05, 0.1) is 0 Å². The highest BCUT2D eigenvalue weighted by atomic mass is 32.1. The van der Waals surface area contributed by atoms with Gasteiger partial charge in [0.15, 0.2) is 0 Å². The van der Waals surface area contributed by atoms with Crippen molar-refractivity contribution < 1.29 is 9.90 Å². The number of carboxylic acid groups (broad SMARTS) is 1. The standard InChI is InChI=1S/C14H25N3O2S/c1-4-5-12-16-14(20-17-12)15-9-8-11(10(2)3)6-7-13(18)19/h10-11H,4-9H2,1-3H3,(H,18,19)(H,15,16,17). The van der Waals surface area contributed by atoms with Crippen molar-refractivity contribution in [1.29, 1.82) is 0 Å². The van der Waals surface area contributed by atoms with Crippen LogP contribution in [0.2, 0.25) is 0 Å². The first-order valence-corrected chi connectivity index (χ1v) is 8.08. The molecule has 1 aromatic heterocycles. The molecular weight excluding hydrogens is 274 g/mol. The van der Waals surface area contributed by atoms with Gasteiger partial charge in [0, 0.05) is 30.9 Å². The van der Waals surface area contributed by atoms with Gasteiger partial charge in [-0.3, -0.25) is 4.79 Å². The lowest BCUT2D eigenvalue weighted by atomic mass is 9.88. The molecule has 0 saturated carbocycles. The average Bonchev–Trinajstić information content (AvgIpc) is 2.81. The van der Waals surface area contributed by atoms with Crippen LogP contribution in [0.3, 0.4) is 0 Å². The van der Waals surface area contributed by atoms with Crippen LogP contribution >= 0.6 is 11.5 Å². The van der Waals surface area contributed by atoms with E-state index in [9.17, 15) is 4.79 Å². The van der Waals surface area contributed by atoms with Gasteiger partial charge in [-0.1, -0.05) is 20.8 Å². The highest BCUT2D eigenvalue weighted by Crippen LogP contribution is 2.21. The largest absolute Gasteiger partial charge is 0.481 e. The maximum absolute atomic E-state index is 10.7. The van der Waals surface area contributed by atoms with Gasteiger partial charge in [0.25, 0.3) is 0 Å². The summed E-state index contributed by atoms with van der Waals surface area (Å²) in [6.45, 7) is 7.24. The summed E-state index contributed by atoms with van der Waals surface area (Å²) in [5.41, 5.74) is 0. The van der Waals surface area contributed by atoms with Gasteiger partial charge >= 0.3 is 5.97 Å². The Labute approximate surface area is 125 Å². The summed E-state index contributed by atoms with van der Waals surface area (Å²) in [5.74, 6) is 1.13. The first-order valence-electron chi connectivity index (χ1n) is 7.31. The number of anilines is 1. The molecule has 0 spiro atoms. The molecule has 114 valence electrons. The number of aromatic nitrogens is 2. The number of hydrogen-bond donors (Lipinski definition) is 2. The van der Waals surface area contributed by atoms with Crippen molar-refractivity contribution in [3.63, 3.8) is 0 Å². The summed E-state index contributed by atoms with van der Waals surface area (Å²) < 4.78 is 4.29. The van der Waals surface area contributed by atoms with Crippen molar-refractivity contribution in [1.82, 2.24) is 9.36 Å². The molecule has 20 heavy (non-hydrogen) atoms. The third-order valence-corrected chi connectivity index (χ3v) is 4.12. The Hall–Kier alpha value is -1.17. The molecule has 1 unspecified atom stereocenters. The molecule has 0 fully saturated rings. The van der Waals surface area contributed by atoms with E-state index in [1.807, 2.05) is 0 Å². The van der Waals surface area contributed by atoms with Gasteiger partial charge in [-0.15, -0.1) is 0 Å². The summed E-state index contributed by atoms with van der Waals surface area (Å²) in [6.07, 6.45) is 3.94. The zero-order chi connectivity index (χ0) is 15.0. The van der Waals surface area contributed by atoms with Crippen molar-refractivity contribution in [3.8, 4) is 0 Å². The summed E-state index contributed by atoms with van der Waals surface area (Å²) in [7, 11) is 0. The predicted molar refractivity (Wildman–Crippen MR) is 82.2 cm³/mol. The third kappa shape index (κ3) is 6.32. The Morgan fingerprint density at radius 3 is 2.75 bits per heavy atom. The molecule has 0 radical (unpaired) electrons. The molecule has 0 aliphatic carbocycles. The second-order valence-corrected chi connectivity index (χ2v) is 6.17. The first kappa shape index (κ1) is 16.9. The molecule has 1 atom stereocenters. The number of carbonyl (C=O) groups is 1. The van der Waals surface area contributed by atoms with Crippen LogP contribution < -0.4 is 5.32 Å². The van der Waals surface area contributed by atoms with Crippen LogP contribution in [0.15, 0.2) is 0 Å². The Morgan fingerprint density at radius 1 is 1.40 bits per heavy atom. The van der Waals surface area contributed by atoms with Crippen LogP contribution in [0.1, 0.15) is 52.3 Å². The molecule has 6 heteroatoms. The predicted octanol–water partition coefficient (Wildman–Crippen LogP) is 3.43. The van der Waals surface area contributed by atoms with E-state index < -0.39 is 5.97 Å². The van der Waals surface area contributed by atoms with Crippen molar-refractivity contribution in [2.75, 3.05) is 11.9 Å². The Kier molecular flexibility index (Phi) is 7.51. The van der Waals surface area contributed by atoms with Crippen molar-refractivity contribution >= 4 is 22.6 Å². The van der Waals surface area contributed by atoms with Crippen LogP contribution in [0.4, 0.5) is 5.13 Å². The van der Waals surface area contributed by atoms with Gasteiger partial charge in [-0.05, 0) is 31.1 Å². The highest BCUT2D eigenvalue weighted by Gasteiger charge is 2.15. The van der Waals surface area contributed by atoms with Gasteiger partial charge < -0.3 is 10.4 Å². The van der Waals surface area contributed by atoms with E-state index in [-0.39, 0.29) is 6.42 Å². The zero-order valence-electron chi connectivity index (χ0n) is 12.6. The molecule has 0 aliphatic rings. The van der Waals surface area contributed by atoms with Crippen LogP contribution in [0, 0.1) is 11.8 Å². The maximum atomic E-state index is 10.7. The van der Waals surface area contributed by atoms with E-state index in [1.165, 1.54) is 11.5 Å². The van der Waals surface area contributed by atoms with Gasteiger partial charge in [-0.25, -0.2) is 4.98 Å². The summed E-state index contributed by atoms with van der Waals surface area (Å²) in [5, 5.41) is 12.9.